The number of benzene rings is 2. The van der Waals surface area contributed by atoms with Crippen LogP contribution in [0.25, 0.3) is 0 Å². The summed E-state index contributed by atoms with van der Waals surface area (Å²) in [5.74, 6) is -2.93. The molecule has 0 heterocycles. The van der Waals surface area contributed by atoms with Crippen LogP contribution in [-0.2, 0) is 4.79 Å². The van der Waals surface area contributed by atoms with Gasteiger partial charge in [0.05, 0.1) is 6.04 Å². The summed E-state index contributed by atoms with van der Waals surface area (Å²) in [5.41, 5.74) is 0.760. The van der Waals surface area contributed by atoms with E-state index in [1.54, 1.807) is 37.3 Å². The summed E-state index contributed by atoms with van der Waals surface area (Å²) in [5, 5.41) is 9.06. The monoisotopic (exact) mass is 291 g/mol. The quantitative estimate of drug-likeness (QED) is 0.914. The fourth-order valence-corrected chi connectivity index (χ4v) is 2.23. The lowest BCUT2D eigenvalue weighted by molar-refractivity contribution is -0.135. The van der Waals surface area contributed by atoms with Crippen LogP contribution in [0.3, 0.4) is 0 Å². The Morgan fingerprint density at radius 1 is 1.14 bits per heavy atom. The zero-order valence-corrected chi connectivity index (χ0v) is 11.5. The Morgan fingerprint density at radius 2 is 1.81 bits per heavy atom. The van der Waals surface area contributed by atoms with Crippen molar-refractivity contribution in [2.24, 2.45) is 0 Å². The molecule has 0 saturated carbocycles. The molecule has 1 atom stereocenters. The smallest absolute Gasteiger partial charge is 0.323 e. The summed E-state index contributed by atoms with van der Waals surface area (Å²) in [6, 6.07) is 12.1. The second kappa shape index (κ2) is 6.35. The van der Waals surface area contributed by atoms with Crippen LogP contribution in [0.4, 0.5) is 14.5 Å². The molecule has 0 amide bonds. The predicted molar refractivity (Wildman–Crippen MR) is 76.2 cm³/mol. The number of carboxylic acid groups (broad SMARTS) is 1. The average molecular weight is 291 g/mol. The van der Waals surface area contributed by atoms with Gasteiger partial charge in [0.1, 0.15) is 6.54 Å². The molecule has 0 bridgehead atoms. The van der Waals surface area contributed by atoms with E-state index in [2.05, 4.69) is 0 Å². The third-order valence-corrected chi connectivity index (χ3v) is 3.29. The largest absolute Gasteiger partial charge is 0.480 e. The van der Waals surface area contributed by atoms with Crippen molar-refractivity contribution < 1.29 is 18.7 Å². The van der Waals surface area contributed by atoms with Crippen LogP contribution < -0.4 is 4.90 Å². The van der Waals surface area contributed by atoms with Gasteiger partial charge in [-0.05, 0) is 25.1 Å². The number of para-hydroxylation sites is 1. The lowest BCUT2D eigenvalue weighted by Gasteiger charge is -2.30. The average Bonchev–Trinajstić information content (AvgIpc) is 2.48. The first kappa shape index (κ1) is 15.0. The Morgan fingerprint density at radius 3 is 2.43 bits per heavy atom. The third-order valence-electron chi connectivity index (χ3n) is 3.29. The van der Waals surface area contributed by atoms with E-state index in [0.717, 1.165) is 6.07 Å². The number of hydrogen-bond donors (Lipinski definition) is 1. The summed E-state index contributed by atoms with van der Waals surface area (Å²) in [7, 11) is 0. The zero-order chi connectivity index (χ0) is 15.4. The van der Waals surface area contributed by atoms with Crippen LogP contribution >= 0.6 is 0 Å². The van der Waals surface area contributed by atoms with Crippen LogP contribution in [0.15, 0.2) is 48.5 Å². The van der Waals surface area contributed by atoms with E-state index in [9.17, 15) is 13.6 Å². The number of anilines is 1. The Balaban J connectivity index is 2.41. The molecule has 2 rings (SSSR count). The minimum Gasteiger partial charge on any atom is -0.480 e. The molecular weight excluding hydrogens is 276 g/mol. The van der Waals surface area contributed by atoms with E-state index in [4.69, 9.17) is 5.11 Å². The normalized spacial score (nSPS) is 12.0. The zero-order valence-electron chi connectivity index (χ0n) is 11.5. The van der Waals surface area contributed by atoms with Gasteiger partial charge in [-0.25, -0.2) is 8.78 Å². The topological polar surface area (TPSA) is 40.5 Å². The van der Waals surface area contributed by atoms with Crippen molar-refractivity contribution >= 4 is 11.7 Å². The Labute approximate surface area is 121 Å². The highest BCUT2D eigenvalue weighted by Gasteiger charge is 2.22. The van der Waals surface area contributed by atoms with Gasteiger partial charge in [0, 0.05) is 11.3 Å². The standard InChI is InChI=1S/C16H15F2NO2/c1-11(13-8-5-9-14(17)16(13)18)19(10-15(20)21)12-6-3-2-4-7-12/h2-9,11H,10H2,1H3,(H,20,21). The molecule has 1 unspecified atom stereocenters. The molecule has 5 heteroatoms. The molecule has 110 valence electrons. The maximum atomic E-state index is 13.9. The molecule has 0 aromatic heterocycles. The number of rotatable bonds is 5. The van der Waals surface area contributed by atoms with Crippen molar-refractivity contribution in [2.45, 2.75) is 13.0 Å². The molecule has 0 radical (unpaired) electrons. The van der Waals surface area contributed by atoms with Crippen molar-refractivity contribution in [1.82, 2.24) is 0 Å². The molecule has 21 heavy (non-hydrogen) atoms. The van der Waals surface area contributed by atoms with Crippen LogP contribution in [0.5, 0.6) is 0 Å². The van der Waals surface area contributed by atoms with E-state index in [1.165, 1.54) is 17.0 Å². The summed E-state index contributed by atoms with van der Waals surface area (Å²) in [6.45, 7) is 1.34. The van der Waals surface area contributed by atoms with Gasteiger partial charge in [-0.1, -0.05) is 30.3 Å². The highest BCUT2D eigenvalue weighted by molar-refractivity contribution is 5.74. The maximum Gasteiger partial charge on any atom is 0.323 e. The maximum absolute atomic E-state index is 13.9. The first-order chi connectivity index (χ1) is 10.0. The van der Waals surface area contributed by atoms with Gasteiger partial charge in [0.15, 0.2) is 11.6 Å². The molecule has 2 aromatic carbocycles. The molecule has 2 aromatic rings. The molecule has 0 aliphatic heterocycles. The second-order valence-corrected chi connectivity index (χ2v) is 4.68. The number of carbonyl (C=O) groups is 1. The van der Waals surface area contributed by atoms with Crippen molar-refractivity contribution in [1.29, 1.82) is 0 Å². The van der Waals surface area contributed by atoms with Crippen LogP contribution in [0.2, 0.25) is 0 Å². The fraction of sp³-hybridized carbons (Fsp3) is 0.188. The predicted octanol–water partition coefficient (Wildman–Crippen LogP) is 3.62. The van der Waals surface area contributed by atoms with Gasteiger partial charge < -0.3 is 10.0 Å². The molecule has 0 fully saturated rings. The van der Waals surface area contributed by atoms with Gasteiger partial charge in [0.2, 0.25) is 0 Å². The fourth-order valence-electron chi connectivity index (χ4n) is 2.23. The van der Waals surface area contributed by atoms with E-state index < -0.39 is 23.6 Å². The molecule has 0 aliphatic rings. The van der Waals surface area contributed by atoms with Gasteiger partial charge in [-0.2, -0.15) is 0 Å². The number of halogens is 2. The van der Waals surface area contributed by atoms with Crippen LogP contribution in [0.1, 0.15) is 18.5 Å². The van der Waals surface area contributed by atoms with E-state index in [-0.39, 0.29) is 12.1 Å². The summed E-state index contributed by atoms with van der Waals surface area (Å²) < 4.78 is 27.3. The van der Waals surface area contributed by atoms with Gasteiger partial charge in [-0.15, -0.1) is 0 Å². The van der Waals surface area contributed by atoms with Gasteiger partial charge >= 0.3 is 5.97 Å². The minimum atomic E-state index is -1.04. The number of aliphatic carboxylic acids is 1. The van der Waals surface area contributed by atoms with Crippen molar-refractivity contribution in [3.05, 3.63) is 65.7 Å². The highest BCUT2D eigenvalue weighted by Crippen LogP contribution is 2.28. The second-order valence-electron chi connectivity index (χ2n) is 4.68. The SMILES string of the molecule is CC(c1cccc(F)c1F)N(CC(=O)O)c1ccccc1. The molecular formula is C16H15F2NO2. The summed E-state index contributed by atoms with van der Waals surface area (Å²) in [4.78, 5) is 12.6. The molecule has 0 spiro atoms. The van der Waals surface area contributed by atoms with Crippen molar-refractivity contribution in [3.8, 4) is 0 Å². The molecule has 0 aliphatic carbocycles. The first-order valence-corrected chi connectivity index (χ1v) is 6.48. The lowest BCUT2D eigenvalue weighted by Crippen LogP contribution is -2.32. The summed E-state index contributed by atoms with van der Waals surface area (Å²) >= 11 is 0. The Kier molecular flexibility index (Phi) is 4.52. The van der Waals surface area contributed by atoms with Crippen molar-refractivity contribution in [3.63, 3.8) is 0 Å². The molecule has 1 N–H and O–H groups in total. The van der Waals surface area contributed by atoms with Crippen LogP contribution in [0, 0.1) is 11.6 Å². The minimum absolute atomic E-state index is 0.125. The first-order valence-electron chi connectivity index (χ1n) is 6.48. The molecule has 3 nitrogen and oxygen atoms in total. The summed E-state index contributed by atoms with van der Waals surface area (Å²) in [6.07, 6.45) is 0. The van der Waals surface area contributed by atoms with Gasteiger partial charge in [0.25, 0.3) is 0 Å². The number of hydrogen-bond acceptors (Lipinski definition) is 2. The van der Waals surface area contributed by atoms with Crippen LogP contribution in [-0.4, -0.2) is 17.6 Å². The van der Waals surface area contributed by atoms with E-state index >= 15 is 0 Å². The molecule has 0 saturated heterocycles. The third kappa shape index (κ3) is 3.37. The van der Waals surface area contributed by atoms with E-state index in [1.807, 2.05) is 0 Å². The Hall–Kier alpha value is -2.43. The van der Waals surface area contributed by atoms with Gasteiger partial charge in [-0.3, -0.25) is 4.79 Å². The highest BCUT2D eigenvalue weighted by atomic mass is 19.2. The lowest BCUT2D eigenvalue weighted by atomic mass is 10.0. The Bertz CT molecular complexity index is 631. The van der Waals surface area contributed by atoms with Crippen molar-refractivity contribution in [2.75, 3.05) is 11.4 Å². The number of carboxylic acids is 1. The van der Waals surface area contributed by atoms with E-state index in [0.29, 0.717) is 5.69 Å². The number of nitrogens with zero attached hydrogens (tertiary/aromatic N) is 1.